The number of nitrogens with one attached hydrogen (secondary N) is 2. The zero-order chi connectivity index (χ0) is 43.2. The topological polar surface area (TPSA) is 162 Å². The van der Waals surface area contributed by atoms with Gasteiger partial charge >= 0.3 is 12.1 Å². The van der Waals surface area contributed by atoms with Crippen molar-refractivity contribution < 1.29 is 42.1 Å². The van der Waals surface area contributed by atoms with E-state index in [1.54, 1.807) is 97.1 Å². The Labute approximate surface area is 352 Å². The van der Waals surface area contributed by atoms with Crippen LogP contribution in [0.25, 0.3) is 22.1 Å². The van der Waals surface area contributed by atoms with Crippen LogP contribution in [0, 0.1) is 11.6 Å². The molecule has 0 fully saturated rings. The number of anilines is 4. The average Bonchev–Trinajstić information content (AvgIpc) is 3.30. The largest absolute Gasteiger partial charge is 0.497 e. The zero-order valence-corrected chi connectivity index (χ0v) is 33.1. The van der Waals surface area contributed by atoms with Crippen molar-refractivity contribution >= 4 is 56.9 Å². The number of hydrogen-bond acceptors (Lipinski definition) is 11. The van der Waals surface area contributed by atoms with Gasteiger partial charge in [-0.15, -0.1) is 0 Å². The van der Waals surface area contributed by atoms with Gasteiger partial charge in [0.25, 0.3) is 0 Å². The fourth-order valence-electron chi connectivity index (χ4n) is 6.10. The van der Waals surface area contributed by atoms with Crippen LogP contribution in [0.4, 0.5) is 41.1 Å². The molecule has 15 nitrogen and oxygen atoms in total. The number of nitrogens with zero attached hydrogens (tertiary/aromatic N) is 6. The first-order valence-electron chi connectivity index (χ1n) is 18.6. The maximum absolute atomic E-state index is 14.9. The number of carbonyl (C=O) groups is 2. The second kappa shape index (κ2) is 17.7. The van der Waals surface area contributed by atoms with Crippen molar-refractivity contribution in [1.29, 1.82) is 0 Å². The first-order valence-corrected chi connectivity index (χ1v) is 18.6. The summed E-state index contributed by atoms with van der Waals surface area (Å²) < 4.78 is 56.9. The van der Waals surface area contributed by atoms with E-state index in [2.05, 4.69) is 30.6 Å². The maximum atomic E-state index is 14.9. The Morgan fingerprint density at radius 1 is 0.468 bits per heavy atom. The van der Waals surface area contributed by atoms with Gasteiger partial charge in [0, 0.05) is 29.6 Å². The van der Waals surface area contributed by atoms with Crippen LogP contribution in [0.15, 0.2) is 140 Å². The van der Waals surface area contributed by atoms with E-state index in [1.165, 1.54) is 51.9 Å². The molecule has 62 heavy (non-hydrogen) atoms. The Morgan fingerprint density at radius 2 is 0.903 bits per heavy atom. The third-order valence-corrected chi connectivity index (χ3v) is 9.13. The van der Waals surface area contributed by atoms with Gasteiger partial charge in [0.05, 0.1) is 67.2 Å². The highest BCUT2D eigenvalue weighted by molar-refractivity contribution is 6.13. The molecule has 0 aliphatic heterocycles. The molecule has 310 valence electrons. The highest BCUT2D eigenvalue weighted by atomic mass is 19.2. The Hall–Kier alpha value is -8.60. The van der Waals surface area contributed by atoms with E-state index < -0.39 is 23.7 Å². The van der Waals surface area contributed by atoms with Crippen molar-refractivity contribution in [3.8, 4) is 40.5 Å². The first kappa shape index (κ1) is 40.2. The summed E-state index contributed by atoms with van der Waals surface area (Å²) in [6.45, 7) is 0. The Balaban J connectivity index is 1.05. The summed E-state index contributed by atoms with van der Waals surface area (Å²) in [5.74, 6) is 0.609. The van der Waals surface area contributed by atoms with E-state index in [0.29, 0.717) is 68.3 Å². The van der Waals surface area contributed by atoms with Gasteiger partial charge in [-0.1, -0.05) is 0 Å². The third-order valence-electron chi connectivity index (χ3n) is 9.13. The first-order chi connectivity index (χ1) is 30.2. The lowest BCUT2D eigenvalue weighted by Gasteiger charge is -2.34. The normalized spacial score (nSPS) is 10.8. The van der Waals surface area contributed by atoms with E-state index in [1.807, 2.05) is 0 Å². The Kier molecular flexibility index (Phi) is 11.5. The molecule has 0 unspecified atom stereocenters. The van der Waals surface area contributed by atoms with Crippen LogP contribution in [0.3, 0.4) is 0 Å². The molecule has 17 heteroatoms. The number of fused-ring (bicyclic) bond motifs is 2. The molecule has 4 amide bonds. The lowest BCUT2D eigenvalue weighted by molar-refractivity contribution is 0.248. The molecule has 6 aromatic carbocycles. The van der Waals surface area contributed by atoms with Crippen LogP contribution < -0.4 is 44.3 Å². The molecule has 8 rings (SSSR count). The number of carbonyl (C=O) groups excluding carboxylic acids is 2. The number of halogens is 2. The molecule has 2 heterocycles. The molecule has 0 aliphatic carbocycles. The maximum Gasteiger partial charge on any atom is 0.345 e. The van der Waals surface area contributed by atoms with Gasteiger partial charge in [-0.25, -0.2) is 38.3 Å². The predicted octanol–water partition coefficient (Wildman–Crippen LogP) is 10.2. The molecule has 0 saturated carbocycles. The predicted molar refractivity (Wildman–Crippen MR) is 228 cm³/mol. The molecule has 0 saturated heterocycles. The van der Waals surface area contributed by atoms with Crippen molar-refractivity contribution in [3.63, 3.8) is 0 Å². The summed E-state index contributed by atoms with van der Waals surface area (Å²) in [6, 6.07) is 30.6. The Morgan fingerprint density at radius 3 is 1.35 bits per heavy atom. The molecule has 8 aromatic rings. The number of hydrazine groups is 1. The standard InChI is InChI=1S/C45H34F2N8O7/c1-58-31-15-8-29(9-16-31)54(44(56)50-27-4-11-32(12-5-27)61-34-17-20-38-40(23-34)52-42(59-2)25-48-38)55(30-10-19-36(46)37(47)22-30)45(57)51-28-6-13-33(14-7-28)62-35-18-21-39-41(24-35)53-43(60-3)26-49-39/h4-26H,1-3H3,(H,50,56)(H,51,57). The second-order valence-electron chi connectivity index (χ2n) is 13.2. The van der Waals surface area contributed by atoms with E-state index in [4.69, 9.17) is 23.7 Å². The van der Waals surface area contributed by atoms with Crippen LogP contribution in [0.2, 0.25) is 0 Å². The molecule has 2 aromatic heterocycles. The van der Waals surface area contributed by atoms with Crippen molar-refractivity contribution in [2.24, 2.45) is 0 Å². The number of rotatable bonds is 11. The van der Waals surface area contributed by atoms with Gasteiger partial charge in [0.15, 0.2) is 11.6 Å². The number of urea groups is 2. The molecule has 0 spiro atoms. The van der Waals surface area contributed by atoms with Gasteiger partial charge in [-0.3, -0.25) is 0 Å². The van der Waals surface area contributed by atoms with Crippen molar-refractivity contribution in [3.05, 3.63) is 151 Å². The van der Waals surface area contributed by atoms with Gasteiger partial charge in [0.1, 0.15) is 28.7 Å². The minimum Gasteiger partial charge on any atom is -0.497 e. The Bertz CT molecular complexity index is 2910. The quantitative estimate of drug-likeness (QED) is 0.119. The van der Waals surface area contributed by atoms with Crippen molar-refractivity contribution in [1.82, 2.24) is 19.9 Å². The highest BCUT2D eigenvalue weighted by Gasteiger charge is 2.31. The number of aromatic nitrogens is 4. The molecule has 0 aliphatic rings. The minimum atomic E-state index is -1.25. The van der Waals surface area contributed by atoms with E-state index in [0.717, 1.165) is 22.2 Å². The van der Waals surface area contributed by atoms with Gasteiger partial charge in [-0.05, 0) is 109 Å². The molecule has 2 N–H and O–H groups in total. The van der Waals surface area contributed by atoms with E-state index >= 15 is 0 Å². The van der Waals surface area contributed by atoms with Crippen LogP contribution in [0.1, 0.15) is 0 Å². The van der Waals surface area contributed by atoms with E-state index in [-0.39, 0.29) is 17.1 Å². The summed E-state index contributed by atoms with van der Waals surface area (Å²) in [5.41, 5.74) is 3.03. The summed E-state index contributed by atoms with van der Waals surface area (Å²) in [5, 5.41) is 7.39. The molecule has 0 atom stereocenters. The number of benzene rings is 6. The molecule has 0 bridgehead atoms. The lowest BCUT2D eigenvalue weighted by Crippen LogP contribution is -2.54. The van der Waals surface area contributed by atoms with Crippen LogP contribution in [-0.2, 0) is 0 Å². The smallest absolute Gasteiger partial charge is 0.345 e. The fourth-order valence-corrected chi connectivity index (χ4v) is 6.10. The van der Waals surface area contributed by atoms with Gasteiger partial charge < -0.3 is 34.3 Å². The zero-order valence-electron chi connectivity index (χ0n) is 33.1. The molecular weight excluding hydrogens is 803 g/mol. The lowest BCUT2D eigenvalue weighted by atomic mass is 10.2. The summed E-state index contributed by atoms with van der Waals surface area (Å²) in [7, 11) is 4.48. The summed E-state index contributed by atoms with van der Waals surface area (Å²) >= 11 is 0. The van der Waals surface area contributed by atoms with Crippen molar-refractivity contribution in [2.75, 3.05) is 42.0 Å². The minimum absolute atomic E-state index is 0.167. The van der Waals surface area contributed by atoms with Crippen LogP contribution in [-0.4, -0.2) is 53.3 Å². The second-order valence-corrected chi connectivity index (χ2v) is 13.2. The summed E-state index contributed by atoms with van der Waals surface area (Å²) in [4.78, 5) is 46.2. The number of hydrogen-bond donors (Lipinski definition) is 2. The number of ether oxygens (including phenoxy) is 5. The number of amides is 4. The SMILES string of the molecule is COc1ccc(N(C(=O)Nc2ccc(Oc3ccc4ncc(OC)nc4c3)cc2)N(C(=O)Nc2ccc(Oc3ccc4ncc(OC)nc4c3)cc2)c2ccc(F)c(F)c2)cc1. The third kappa shape index (κ3) is 9.01. The van der Waals surface area contributed by atoms with Crippen molar-refractivity contribution in [2.45, 2.75) is 0 Å². The van der Waals surface area contributed by atoms with Crippen LogP contribution in [0.5, 0.6) is 40.5 Å². The number of methoxy groups -OCH3 is 3. The fraction of sp³-hybridized carbons (Fsp3) is 0.0667. The average molecular weight is 837 g/mol. The van der Waals surface area contributed by atoms with E-state index in [9.17, 15) is 18.4 Å². The van der Waals surface area contributed by atoms with Gasteiger partial charge in [0.2, 0.25) is 11.8 Å². The van der Waals surface area contributed by atoms with Gasteiger partial charge in [-0.2, -0.15) is 10.0 Å². The highest BCUT2D eigenvalue weighted by Crippen LogP contribution is 2.31. The summed E-state index contributed by atoms with van der Waals surface area (Å²) in [6.07, 6.45) is 3.04. The molecule has 0 radical (unpaired) electrons. The monoisotopic (exact) mass is 836 g/mol. The molecular formula is C45H34F2N8O7. The van der Waals surface area contributed by atoms with Crippen LogP contribution >= 0.6 is 0 Å².